The third-order valence-corrected chi connectivity index (χ3v) is 5.03. The van der Waals surface area contributed by atoms with Crippen molar-refractivity contribution in [2.24, 2.45) is 0 Å². The molecule has 140 valence electrons. The van der Waals surface area contributed by atoms with Gasteiger partial charge >= 0.3 is 0 Å². The molecule has 27 heavy (non-hydrogen) atoms. The van der Waals surface area contributed by atoms with Gasteiger partial charge in [-0.05, 0) is 45.3 Å². The number of carbonyl (C=O) groups is 1. The van der Waals surface area contributed by atoms with Crippen LogP contribution < -0.4 is 0 Å². The average Bonchev–Trinajstić information content (AvgIpc) is 3.10. The lowest BCUT2D eigenvalue weighted by Crippen LogP contribution is -2.36. The van der Waals surface area contributed by atoms with Gasteiger partial charge < -0.3 is 9.80 Å². The van der Waals surface area contributed by atoms with E-state index in [4.69, 9.17) is 0 Å². The van der Waals surface area contributed by atoms with Crippen molar-refractivity contribution in [3.8, 4) is 11.5 Å². The molecule has 0 aromatic carbocycles. The Labute approximate surface area is 163 Å². The van der Waals surface area contributed by atoms with E-state index in [-0.39, 0.29) is 5.91 Å². The first-order valence-electron chi connectivity index (χ1n) is 8.75. The predicted octanol–water partition coefficient (Wildman–Crippen LogP) is 3.11. The Morgan fingerprint density at radius 1 is 1.04 bits per heavy atom. The van der Waals surface area contributed by atoms with Crippen LogP contribution in [0.4, 0.5) is 0 Å². The summed E-state index contributed by atoms with van der Waals surface area (Å²) < 4.78 is 0. The standard InChI is InChI=1S/C20H23N5OS/c1-15-7-8-17(27-15)14-25(11-10-24(2)3)20(26)16-12-22-19(23-13-16)18-6-4-5-9-21-18/h4-9,12-13H,10-11,14H2,1-3H3. The highest BCUT2D eigenvalue weighted by Gasteiger charge is 2.18. The summed E-state index contributed by atoms with van der Waals surface area (Å²) in [5.74, 6) is 0.455. The van der Waals surface area contributed by atoms with Gasteiger partial charge in [-0.2, -0.15) is 0 Å². The van der Waals surface area contributed by atoms with Crippen molar-refractivity contribution < 1.29 is 4.79 Å². The first-order chi connectivity index (χ1) is 13.0. The van der Waals surface area contributed by atoms with Gasteiger partial charge in [0.05, 0.1) is 12.1 Å². The highest BCUT2D eigenvalue weighted by molar-refractivity contribution is 7.11. The molecule has 7 heteroatoms. The molecule has 3 heterocycles. The molecule has 0 aliphatic heterocycles. The molecule has 0 radical (unpaired) electrons. The molecule has 6 nitrogen and oxygen atoms in total. The molecule has 0 saturated carbocycles. The second-order valence-corrected chi connectivity index (χ2v) is 7.93. The van der Waals surface area contributed by atoms with Crippen LogP contribution >= 0.6 is 11.3 Å². The number of hydrogen-bond acceptors (Lipinski definition) is 6. The molecule has 0 fully saturated rings. The number of carbonyl (C=O) groups excluding carboxylic acids is 1. The van der Waals surface area contributed by atoms with E-state index in [0.29, 0.717) is 30.2 Å². The minimum absolute atomic E-state index is 0.0597. The average molecular weight is 382 g/mol. The van der Waals surface area contributed by atoms with Crippen molar-refractivity contribution in [1.82, 2.24) is 24.8 Å². The van der Waals surface area contributed by atoms with Crippen LogP contribution in [-0.4, -0.2) is 57.8 Å². The molecular weight excluding hydrogens is 358 g/mol. The van der Waals surface area contributed by atoms with Crippen LogP contribution in [0.25, 0.3) is 11.5 Å². The van der Waals surface area contributed by atoms with Crippen LogP contribution in [0.3, 0.4) is 0 Å². The third-order valence-electron chi connectivity index (χ3n) is 4.04. The summed E-state index contributed by atoms with van der Waals surface area (Å²) in [5, 5.41) is 0. The fourth-order valence-electron chi connectivity index (χ4n) is 2.58. The molecule has 3 aromatic heterocycles. The molecule has 0 aliphatic carbocycles. The van der Waals surface area contributed by atoms with Gasteiger partial charge in [-0.3, -0.25) is 9.78 Å². The van der Waals surface area contributed by atoms with Crippen molar-refractivity contribution >= 4 is 17.2 Å². The van der Waals surface area contributed by atoms with Crippen molar-refractivity contribution in [2.75, 3.05) is 27.2 Å². The lowest BCUT2D eigenvalue weighted by Gasteiger charge is -2.24. The van der Waals surface area contributed by atoms with E-state index >= 15 is 0 Å². The Morgan fingerprint density at radius 3 is 2.41 bits per heavy atom. The number of aromatic nitrogens is 3. The van der Waals surface area contributed by atoms with Gasteiger partial charge in [0.2, 0.25) is 0 Å². The van der Waals surface area contributed by atoms with E-state index in [9.17, 15) is 4.79 Å². The number of pyridine rings is 1. The van der Waals surface area contributed by atoms with Crippen LogP contribution in [0, 0.1) is 6.92 Å². The Bertz CT molecular complexity index is 877. The summed E-state index contributed by atoms with van der Waals surface area (Å²) in [4.78, 5) is 32.3. The quantitative estimate of drug-likeness (QED) is 0.629. The number of aryl methyl sites for hydroxylation is 1. The highest BCUT2D eigenvalue weighted by Crippen LogP contribution is 2.19. The first kappa shape index (κ1) is 19.1. The van der Waals surface area contributed by atoms with E-state index < -0.39 is 0 Å². The number of rotatable bonds is 7. The zero-order valence-electron chi connectivity index (χ0n) is 15.8. The van der Waals surface area contributed by atoms with E-state index in [1.165, 1.54) is 9.75 Å². The second-order valence-electron chi connectivity index (χ2n) is 6.55. The topological polar surface area (TPSA) is 62.2 Å². The molecule has 0 atom stereocenters. The molecule has 3 aromatic rings. The SMILES string of the molecule is Cc1ccc(CN(CCN(C)C)C(=O)c2cnc(-c3ccccn3)nc2)s1. The van der Waals surface area contributed by atoms with Gasteiger partial charge in [-0.15, -0.1) is 11.3 Å². The molecule has 1 amide bonds. The Hall–Kier alpha value is -2.64. The van der Waals surface area contributed by atoms with Crippen LogP contribution in [0.2, 0.25) is 0 Å². The van der Waals surface area contributed by atoms with Gasteiger partial charge in [-0.25, -0.2) is 9.97 Å². The van der Waals surface area contributed by atoms with Crippen LogP contribution in [0.1, 0.15) is 20.1 Å². The monoisotopic (exact) mass is 381 g/mol. The third kappa shape index (κ3) is 5.18. The summed E-state index contributed by atoms with van der Waals surface area (Å²) >= 11 is 1.72. The van der Waals surface area contributed by atoms with Crippen molar-refractivity contribution in [1.29, 1.82) is 0 Å². The molecule has 0 N–H and O–H groups in total. The van der Waals surface area contributed by atoms with E-state index in [0.717, 1.165) is 6.54 Å². The summed E-state index contributed by atoms with van der Waals surface area (Å²) in [6, 6.07) is 9.74. The van der Waals surface area contributed by atoms with Gasteiger partial charge in [0.25, 0.3) is 5.91 Å². The van der Waals surface area contributed by atoms with Gasteiger partial charge in [0.1, 0.15) is 5.69 Å². The Balaban J connectivity index is 1.77. The fourth-order valence-corrected chi connectivity index (χ4v) is 3.49. The van der Waals surface area contributed by atoms with Crippen molar-refractivity contribution in [2.45, 2.75) is 13.5 Å². The lowest BCUT2D eigenvalue weighted by molar-refractivity contribution is 0.0733. The van der Waals surface area contributed by atoms with Gasteiger partial charge in [0, 0.05) is 41.4 Å². The molecule has 3 rings (SSSR count). The number of likely N-dealkylation sites (N-methyl/N-ethyl adjacent to an activating group) is 1. The molecule has 0 saturated heterocycles. The van der Waals surface area contributed by atoms with Crippen LogP contribution in [0.5, 0.6) is 0 Å². The normalized spacial score (nSPS) is 11.0. The zero-order chi connectivity index (χ0) is 19.2. The van der Waals surface area contributed by atoms with Crippen molar-refractivity contribution in [3.05, 3.63) is 64.2 Å². The molecule has 0 aliphatic rings. The second kappa shape index (κ2) is 8.83. The molecular formula is C20H23N5OS. The highest BCUT2D eigenvalue weighted by atomic mass is 32.1. The molecule has 0 unspecified atom stereocenters. The first-order valence-corrected chi connectivity index (χ1v) is 9.57. The number of amides is 1. The summed E-state index contributed by atoms with van der Waals surface area (Å²) in [7, 11) is 4.01. The smallest absolute Gasteiger partial charge is 0.257 e. The maximum Gasteiger partial charge on any atom is 0.257 e. The largest absolute Gasteiger partial charge is 0.332 e. The zero-order valence-corrected chi connectivity index (χ0v) is 16.6. The number of thiophene rings is 1. The van der Waals surface area contributed by atoms with E-state index in [2.05, 4.69) is 38.9 Å². The van der Waals surface area contributed by atoms with E-state index in [1.54, 1.807) is 29.9 Å². The number of hydrogen-bond donors (Lipinski definition) is 0. The summed E-state index contributed by atoms with van der Waals surface area (Å²) in [6.07, 6.45) is 4.87. The van der Waals surface area contributed by atoms with Crippen molar-refractivity contribution in [3.63, 3.8) is 0 Å². The Morgan fingerprint density at radius 2 is 1.81 bits per heavy atom. The molecule has 0 bridgehead atoms. The minimum atomic E-state index is -0.0597. The fraction of sp³-hybridized carbons (Fsp3) is 0.300. The summed E-state index contributed by atoms with van der Waals surface area (Å²) in [5.41, 5.74) is 1.18. The van der Waals surface area contributed by atoms with Crippen LogP contribution in [-0.2, 0) is 6.54 Å². The maximum atomic E-state index is 13.0. The minimum Gasteiger partial charge on any atom is -0.332 e. The number of nitrogens with zero attached hydrogens (tertiary/aromatic N) is 5. The lowest BCUT2D eigenvalue weighted by atomic mass is 10.2. The van der Waals surface area contributed by atoms with Gasteiger partial charge in [-0.1, -0.05) is 6.07 Å². The van der Waals surface area contributed by atoms with Crippen LogP contribution in [0.15, 0.2) is 48.9 Å². The predicted molar refractivity (Wildman–Crippen MR) is 108 cm³/mol. The Kier molecular flexibility index (Phi) is 6.26. The maximum absolute atomic E-state index is 13.0. The van der Waals surface area contributed by atoms with Gasteiger partial charge in [0.15, 0.2) is 5.82 Å². The molecule has 0 spiro atoms. The van der Waals surface area contributed by atoms with E-state index in [1.807, 2.05) is 37.2 Å². The summed E-state index contributed by atoms with van der Waals surface area (Å²) in [6.45, 7) is 4.10.